The Hall–Kier alpha value is -1.53. The third-order valence-corrected chi connectivity index (χ3v) is 5.97. The minimum atomic E-state index is -3.09. The van der Waals surface area contributed by atoms with Crippen LogP contribution < -0.4 is 0 Å². The van der Waals surface area contributed by atoms with Crippen molar-refractivity contribution in [1.82, 2.24) is 4.90 Å². The quantitative estimate of drug-likeness (QED) is 0.799. The molecule has 0 N–H and O–H groups in total. The first-order chi connectivity index (χ1) is 10.4. The minimum absolute atomic E-state index is 0.00913. The summed E-state index contributed by atoms with van der Waals surface area (Å²) >= 11 is 5.93. The second-order valence-corrected chi connectivity index (χ2v) is 8.27. The van der Waals surface area contributed by atoms with Gasteiger partial charge in [0, 0.05) is 23.0 Å². The first-order valence-corrected chi connectivity index (χ1v) is 9.26. The van der Waals surface area contributed by atoms with Crippen molar-refractivity contribution in [3.8, 4) is 0 Å². The monoisotopic (exact) mass is 341 g/mol. The molecule has 1 fully saturated rings. The molecular weight excluding hydrogens is 326 g/mol. The fourth-order valence-electron chi connectivity index (χ4n) is 2.78. The Labute approximate surface area is 133 Å². The predicted octanol–water partition coefficient (Wildman–Crippen LogP) is 2.74. The number of carbonyl (C=O) groups is 1. The Morgan fingerprint density at radius 2 is 2.14 bits per heavy atom. The molecule has 1 aliphatic rings. The Morgan fingerprint density at radius 1 is 1.36 bits per heavy atom. The van der Waals surface area contributed by atoms with Crippen molar-refractivity contribution in [2.45, 2.75) is 19.4 Å². The molecule has 1 aromatic carbocycles. The molecule has 1 unspecified atom stereocenters. The Balaban J connectivity index is 1.91. The van der Waals surface area contributed by atoms with Crippen LogP contribution in [0.15, 0.2) is 28.7 Å². The molecule has 0 bridgehead atoms. The maximum atomic E-state index is 12.6. The molecule has 118 valence electrons. The lowest BCUT2D eigenvalue weighted by Crippen LogP contribution is -2.40. The van der Waals surface area contributed by atoms with Gasteiger partial charge in [0.1, 0.15) is 5.58 Å². The van der Waals surface area contributed by atoms with E-state index in [0.717, 1.165) is 5.39 Å². The van der Waals surface area contributed by atoms with Crippen LogP contribution in [0, 0.1) is 0 Å². The third kappa shape index (κ3) is 2.98. The molecule has 0 spiro atoms. The molecule has 22 heavy (non-hydrogen) atoms. The number of nitrogens with zero attached hydrogens (tertiary/aromatic N) is 1. The number of hydrogen-bond acceptors (Lipinski definition) is 4. The zero-order chi connectivity index (χ0) is 15.9. The van der Waals surface area contributed by atoms with Crippen LogP contribution in [-0.2, 0) is 9.84 Å². The minimum Gasteiger partial charge on any atom is -0.451 e. The molecule has 2 aromatic rings. The van der Waals surface area contributed by atoms with Gasteiger partial charge in [-0.25, -0.2) is 8.42 Å². The van der Waals surface area contributed by atoms with E-state index in [0.29, 0.717) is 23.6 Å². The molecule has 3 rings (SSSR count). The number of carbonyl (C=O) groups excluding carboxylic acids is 1. The molecular formula is C15H16ClNO4S. The van der Waals surface area contributed by atoms with Crippen molar-refractivity contribution in [1.29, 1.82) is 0 Å². The summed E-state index contributed by atoms with van der Waals surface area (Å²) in [6, 6.07) is 6.42. The molecule has 1 saturated heterocycles. The van der Waals surface area contributed by atoms with Crippen LogP contribution in [0.1, 0.15) is 23.9 Å². The first-order valence-electron chi connectivity index (χ1n) is 7.06. The molecule has 1 aromatic heterocycles. The van der Waals surface area contributed by atoms with Crippen LogP contribution in [0.2, 0.25) is 5.02 Å². The summed E-state index contributed by atoms with van der Waals surface area (Å²) in [5, 5.41) is 1.33. The maximum Gasteiger partial charge on any atom is 0.289 e. The van der Waals surface area contributed by atoms with Crippen molar-refractivity contribution in [2.75, 3.05) is 18.1 Å². The van der Waals surface area contributed by atoms with E-state index in [4.69, 9.17) is 16.0 Å². The highest BCUT2D eigenvalue weighted by Gasteiger charge is 2.30. The van der Waals surface area contributed by atoms with Crippen molar-refractivity contribution in [3.05, 3.63) is 35.0 Å². The molecule has 0 saturated carbocycles. The predicted molar refractivity (Wildman–Crippen MR) is 85.0 cm³/mol. The van der Waals surface area contributed by atoms with Crippen LogP contribution in [0.4, 0.5) is 0 Å². The highest BCUT2D eigenvalue weighted by molar-refractivity contribution is 7.91. The van der Waals surface area contributed by atoms with E-state index in [1.807, 2.05) is 0 Å². The molecule has 1 atom stereocenters. The van der Waals surface area contributed by atoms with Gasteiger partial charge in [-0.1, -0.05) is 11.6 Å². The van der Waals surface area contributed by atoms with Crippen molar-refractivity contribution in [2.24, 2.45) is 0 Å². The highest BCUT2D eigenvalue weighted by atomic mass is 35.5. The fourth-order valence-corrected chi connectivity index (χ4v) is 4.61. The zero-order valence-electron chi connectivity index (χ0n) is 12.1. The Kier molecular flexibility index (Phi) is 3.91. The van der Waals surface area contributed by atoms with E-state index in [1.54, 1.807) is 36.1 Å². The lowest BCUT2D eigenvalue weighted by molar-refractivity contribution is 0.0682. The summed E-state index contributed by atoms with van der Waals surface area (Å²) in [4.78, 5) is 14.2. The average molecular weight is 342 g/mol. The fraction of sp³-hybridized carbons (Fsp3) is 0.400. The second-order valence-electron chi connectivity index (χ2n) is 5.61. The molecule has 0 aliphatic carbocycles. The van der Waals surface area contributed by atoms with Gasteiger partial charge in [0.15, 0.2) is 15.6 Å². The number of amides is 1. The van der Waals surface area contributed by atoms with Crippen LogP contribution >= 0.6 is 11.6 Å². The third-order valence-electron chi connectivity index (χ3n) is 3.83. The highest BCUT2D eigenvalue weighted by Crippen LogP contribution is 2.25. The van der Waals surface area contributed by atoms with E-state index in [2.05, 4.69) is 0 Å². The SMILES string of the molecule is CC1CS(=O)(=O)CCCN1C(=O)c1cc2cc(Cl)ccc2o1. The van der Waals surface area contributed by atoms with Gasteiger partial charge in [0.2, 0.25) is 0 Å². The maximum absolute atomic E-state index is 12.6. The Bertz CT molecular complexity index is 827. The van der Waals surface area contributed by atoms with Crippen LogP contribution in [0.3, 0.4) is 0 Å². The average Bonchev–Trinajstić information content (AvgIpc) is 2.78. The summed E-state index contributed by atoms with van der Waals surface area (Å²) < 4.78 is 29.2. The van der Waals surface area contributed by atoms with Gasteiger partial charge in [-0.15, -0.1) is 0 Å². The van der Waals surface area contributed by atoms with Gasteiger partial charge < -0.3 is 9.32 Å². The smallest absolute Gasteiger partial charge is 0.289 e. The molecule has 0 radical (unpaired) electrons. The topological polar surface area (TPSA) is 67.6 Å². The van der Waals surface area contributed by atoms with E-state index in [9.17, 15) is 13.2 Å². The molecule has 1 amide bonds. The van der Waals surface area contributed by atoms with E-state index < -0.39 is 9.84 Å². The normalized spacial score (nSPS) is 21.7. The summed E-state index contributed by atoms with van der Waals surface area (Å²) in [5.41, 5.74) is 0.586. The van der Waals surface area contributed by atoms with Gasteiger partial charge in [-0.2, -0.15) is 0 Å². The number of rotatable bonds is 1. The zero-order valence-corrected chi connectivity index (χ0v) is 13.7. The van der Waals surface area contributed by atoms with Gasteiger partial charge in [0.05, 0.1) is 11.5 Å². The summed E-state index contributed by atoms with van der Waals surface area (Å²) in [6.45, 7) is 2.16. The lowest BCUT2D eigenvalue weighted by atomic mass is 10.2. The molecule has 2 heterocycles. The summed E-state index contributed by atoms with van der Waals surface area (Å²) in [7, 11) is -3.09. The van der Waals surface area contributed by atoms with Crippen LogP contribution in [0.5, 0.6) is 0 Å². The van der Waals surface area contributed by atoms with E-state index in [1.165, 1.54) is 0 Å². The molecule has 1 aliphatic heterocycles. The number of sulfone groups is 1. The number of fused-ring (bicyclic) bond motifs is 1. The molecule has 7 heteroatoms. The van der Waals surface area contributed by atoms with Crippen molar-refractivity contribution < 1.29 is 17.6 Å². The van der Waals surface area contributed by atoms with Crippen molar-refractivity contribution >= 4 is 38.3 Å². The summed E-state index contributed by atoms with van der Waals surface area (Å²) in [6.07, 6.45) is 0.449. The Morgan fingerprint density at radius 3 is 2.91 bits per heavy atom. The lowest BCUT2D eigenvalue weighted by Gasteiger charge is -2.25. The van der Waals surface area contributed by atoms with E-state index in [-0.39, 0.29) is 29.2 Å². The van der Waals surface area contributed by atoms with Gasteiger partial charge in [0.25, 0.3) is 5.91 Å². The van der Waals surface area contributed by atoms with Crippen molar-refractivity contribution in [3.63, 3.8) is 0 Å². The number of benzene rings is 1. The summed E-state index contributed by atoms with van der Waals surface area (Å²) in [5.74, 6) is 0.0436. The van der Waals surface area contributed by atoms with Gasteiger partial charge in [-0.05, 0) is 37.6 Å². The first kappa shape index (κ1) is 15.4. The van der Waals surface area contributed by atoms with Gasteiger partial charge >= 0.3 is 0 Å². The van der Waals surface area contributed by atoms with Crippen LogP contribution in [0.25, 0.3) is 11.0 Å². The number of hydrogen-bond donors (Lipinski definition) is 0. The van der Waals surface area contributed by atoms with Crippen LogP contribution in [-0.4, -0.2) is 43.3 Å². The second kappa shape index (κ2) is 5.59. The number of furan rings is 1. The standard InChI is InChI=1S/C15H16ClNO4S/c1-10-9-22(19,20)6-2-5-17(10)15(18)14-8-11-7-12(16)3-4-13(11)21-14/h3-4,7-8,10H,2,5-6,9H2,1H3. The van der Waals surface area contributed by atoms with Gasteiger partial charge in [-0.3, -0.25) is 4.79 Å². The molecule has 5 nitrogen and oxygen atoms in total. The van der Waals surface area contributed by atoms with E-state index >= 15 is 0 Å². The number of halogens is 1. The largest absolute Gasteiger partial charge is 0.451 e.